The zero-order chi connectivity index (χ0) is 14.5. The molecule has 0 fully saturated rings. The molecule has 0 aliphatic rings. The Kier molecular flexibility index (Phi) is 4.73. The summed E-state index contributed by atoms with van der Waals surface area (Å²) in [7, 11) is 0. The van der Waals surface area contributed by atoms with Gasteiger partial charge in [0.25, 0.3) is 0 Å². The van der Waals surface area contributed by atoms with Gasteiger partial charge in [0.05, 0.1) is 23.0 Å². The van der Waals surface area contributed by atoms with Gasteiger partial charge in [-0.2, -0.15) is 5.26 Å². The molecular weight excluding hydrogens is 293 g/mol. The Bertz CT molecular complexity index is 663. The number of benzene rings is 2. The molecule has 20 heavy (non-hydrogen) atoms. The van der Waals surface area contributed by atoms with Gasteiger partial charge in [-0.3, -0.25) is 0 Å². The highest BCUT2D eigenvalue weighted by Crippen LogP contribution is 2.23. The Hall–Kier alpha value is -1.89. The van der Waals surface area contributed by atoms with E-state index in [2.05, 4.69) is 11.4 Å². The molecule has 0 atom stereocenters. The van der Waals surface area contributed by atoms with Gasteiger partial charge in [0.2, 0.25) is 0 Å². The highest BCUT2D eigenvalue weighted by molar-refractivity contribution is 6.35. The second-order valence-electron chi connectivity index (χ2n) is 4.33. The molecule has 0 saturated heterocycles. The maximum Gasteiger partial charge on any atom is 0.0992 e. The molecular formula is C15H13Cl2N3. The maximum atomic E-state index is 8.87. The summed E-state index contributed by atoms with van der Waals surface area (Å²) in [5.41, 5.74) is 8.82. The zero-order valence-electron chi connectivity index (χ0n) is 10.7. The lowest BCUT2D eigenvalue weighted by atomic mass is 10.1. The van der Waals surface area contributed by atoms with Crippen LogP contribution in [-0.4, -0.2) is 6.54 Å². The van der Waals surface area contributed by atoms with E-state index in [-0.39, 0.29) is 0 Å². The monoisotopic (exact) mass is 305 g/mol. The third-order valence-electron chi connectivity index (χ3n) is 2.91. The molecule has 102 valence electrons. The molecule has 3 N–H and O–H groups in total. The molecule has 0 radical (unpaired) electrons. The molecule has 2 rings (SSSR count). The number of hydrogen-bond donors (Lipinski definition) is 2. The summed E-state index contributed by atoms with van der Waals surface area (Å²) in [5, 5.41) is 13.4. The van der Waals surface area contributed by atoms with Crippen molar-refractivity contribution in [2.24, 2.45) is 0 Å². The Morgan fingerprint density at radius 1 is 1.15 bits per heavy atom. The first kappa shape index (κ1) is 14.5. The largest absolute Gasteiger partial charge is 0.397 e. The predicted octanol–water partition coefficient (Wildman–Crippen LogP) is 4.10. The summed E-state index contributed by atoms with van der Waals surface area (Å²) in [6.07, 6.45) is 0.742. The normalized spacial score (nSPS) is 10.1. The molecule has 0 amide bonds. The standard InChI is InChI=1S/C15H13Cl2N3/c16-12-3-2-11(13(17)8-12)5-6-20-15-7-10(9-18)1-4-14(15)19/h1-4,7-8,20H,5-6,19H2. The molecule has 0 aromatic heterocycles. The molecule has 2 aromatic rings. The van der Waals surface area contributed by atoms with Crippen molar-refractivity contribution < 1.29 is 0 Å². The Morgan fingerprint density at radius 2 is 1.95 bits per heavy atom. The Balaban J connectivity index is 2.01. The molecule has 3 nitrogen and oxygen atoms in total. The second kappa shape index (κ2) is 6.51. The molecule has 0 unspecified atom stereocenters. The third kappa shape index (κ3) is 3.57. The van der Waals surface area contributed by atoms with Crippen LogP contribution in [0.2, 0.25) is 10.0 Å². The van der Waals surface area contributed by atoms with Gasteiger partial charge in [0.1, 0.15) is 0 Å². The number of nitrogens with two attached hydrogens (primary N) is 1. The van der Waals surface area contributed by atoms with E-state index in [0.717, 1.165) is 17.7 Å². The summed E-state index contributed by atoms with van der Waals surface area (Å²) >= 11 is 12.0. The number of anilines is 2. The molecule has 0 bridgehead atoms. The fourth-order valence-corrected chi connectivity index (χ4v) is 2.34. The smallest absolute Gasteiger partial charge is 0.0992 e. The number of nitrogen functional groups attached to an aromatic ring is 1. The zero-order valence-corrected chi connectivity index (χ0v) is 12.2. The van der Waals surface area contributed by atoms with Gasteiger partial charge < -0.3 is 11.1 Å². The minimum absolute atomic E-state index is 0.575. The molecule has 0 aliphatic heterocycles. The van der Waals surface area contributed by atoms with Crippen LogP contribution in [0.3, 0.4) is 0 Å². The van der Waals surface area contributed by atoms with Crippen LogP contribution in [0.4, 0.5) is 11.4 Å². The number of hydrogen-bond acceptors (Lipinski definition) is 3. The lowest BCUT2D eigenvalue weighted by Crippen LogP contribution is -2.07. The summed E-state index contributed by atoms with van der Waals surface area (Å²) in [5.74, 6) is 0. The fourth-order valence-electron chi connectivity index (χ4n) is 1.84. The maximum absolute atomic E-state index is 8.87. The molecule has 5 heteroatoms. The van der Waals surface area contributed by atoms with E-state index in [0.29, 0.717) is 27.8 Å². The first-order chi connectivity index (χ1) is 9.60. The van der Waals surface area contributed by atoms with Gasteiger partial charge in [-0.1, -0.05) is 29.3 Å². The van der Waals surface area contributed by atoms with Crippen LogP contribution < -0.4 is 11.1 Å². The average Bonchev–Trinajstić information content (AvgIpc) is 2.43. The predicted molar refractivity (Wildman–Crippen MR) is 84.2 cm³/mol. The van der Waals surface area contributed by atoms with Crippen LogP contribution in [0, 0.1) is 11.3 Å². The summed E-state index contributed by atoms with van der Waals surface area (Å²) in [6.45, 7) is 0.667. The first-order valence-corrected chi connectivity index (χ1v) is 6.83. The van der Waals surface area contributed by atoms with Crippen LogP contribution in [0.1, 0.15) is 11.1 Å². The van der Waals surface area contributed by atoms with Gasteiger partial charge in [-0.15, -0.1) is 0 Å². The van der Waals surface area contributed by atoms with Crippen molar-refractivity contribution in [1.29, 1.82) is 5.26 Å². The van der Waals surface area contributed by atoms with Crippen LogP contribution in [-0.2, 0) is 6.42 Å². The lowest BCUT2D eigenvalue weighted by Gasteiger charge is -2.10. The van der Waals surface area contributed by atoms with Crippen molar-refractivity contribution in [2.75, 3.05) is 17.6 Å². The van der Waals surface area contributed by atoms with Gasteiger partial charge >= 0.3 is 0 Å². The van der Waals surface area contributed by atoms with Gasteiger partial charge in [0.15, 0.2) is 0 Å². The molecule has 2 aromatic carbocycles. The number of rotatable bonds is 4. The van der Waals surface area contributed by atoms with Gasteiger partial charge in [0, 0.05) is 16.6 Å². The molecule has 0 aliphatic carbocycles. The van der Waals surface area contributed by atoms with Crippen LogP contribution in [0.15, 0.2) is 36.4 Å². The Labute approximate surface area is 127 Å². The van der Waals surface area contributed by atoms with Crippen molar-refractivity contribution >= 4 is 34.6 Å². The topological polar surface area (TPSA) is 61.8 Å². The summed E-state index contributed by atoms with van der Waals surface area (Å²) < 4.78 is 0. The van der Waals surface area contributed by atoms with Crippen LogP contribution >= 0.6 is 23.2 Å². The van der Waals surface area contributed by atoms with E-state index in [4.69, 9.17) is 34.2 Å². The quantitative estimate of drug-likeness (QED) is 0.836. The number of nitrogens with one attached hydrogen (secondary N) is 1. The average molecular weight is 306 g/mol. The van der Waals surface area contributed by atoms with Crippen molar-refractivity contribution in [3.63, 3.8) is 0 Å². The van der Waals surface area contributed by atoms with E-state index >= 15 is 0 Å². The summed E-state index contributed by atoms with van der Waals surface area (Å²) in [6, 6.07) is 12.7. The van der Waals surface area contributed by atoms with Crippen LogP contribution in [0.5, 0.6) is 0 Å². The van der Waals surface area contributed by atoms with E-state index in [1.54, 1.807) is 24.3 Å². The Morgan fingerprint density at radius 3 is 2.65 bits per heavy atom. The van der Waals surface area contributed by atoms with Crippen molar-refractivity contribution in [1.82, 2.24) is 0 Å². The lowest BCUT2D eigenvalue weighted by molar-refractivity contribution is 1.02. The fraction of sp³-hybridized carbons (Fsp3) is 0.133. The number of halogens is 2. The highest BCUT2D eigenvalue weighted by Gasteiger charge is 2.03. The van der Waals surface area contributed by atoms with Crippen LogP contribution in [0.25, 0.3) is 0 Å². The highest BCUT2D eigenvalue weighted by atomic mass is 35.5. The minimum Gasteiger partial charge on any atom is -0.397 e. The molecule has 0 saturated carbocycles. The van der Waals surface area contributed by atoms with E-state index < -0.39 is 0 Å². The first-order valence-electron chi connectivity index (χ1n) is 6.07. The van der Waals surface area contributed by atoms with E-state index in [9.17, 15) is 0 Å². The molecule has 0 heterocycles. The van der Waals surface area contributed by atoms with Gasteiger partial charge in [-0.25, -0.2) is 0 Å². The van der Waals surface area contributed by atoms with Gasteiger partial charge in [-0.05, 0) is 42.3 Å². The number of nitrogens with zero attached hydrogens (tertiary/aromatic N) is 1. The third-order valence-corrected chi connectivity index (χ3v) is 3.49. The second-order valence-corrected chi connectivity index (χ2v) is 5.17. The van der Waals surface area contributed by atoms with Crippen molar-refractivity contribution in [3.8, 4) is 6.07 Å². The van der Waals surface area contributed by atoms with E-state index in [1.807, 2.05) is 12.1 Å². The summed E-state index contributed by atoms with van der Waals surface area (Å²) in [4.78, 5) is 0. The van der Waals surface area contributed by atoms with Crippen molar-refractivity contribution in [2.45, 2.75) is 6.42 Å². The van der Waals surface area contributed by atoms with Crippen molar-refractivity contribution in [3.05, 3.63) is 57.6 Å². The van der Waals surface area contributed by atoms with E-state index in [1.165, 1.54) is 0 Å². The number of nitriles is 1. The molecule has 0 spiro atoms. The minimum atomic E-state index is 0.575. The SMILES string of the molecule is N#Cc1ccc(N)c(NCCc2ccc(Cl)cc2Cl)c1.